The Kier molecular flexibility index (Phi) is 5.08. The Morgan fingerprint density at radius 1 is 1.50 bits per heavy atom. The molecule has 4 heteroatoms. The quantitative estimate of drug-likeness (QED) is 0.614. The van der Waals surface area contributed by atoms with Crippen molar-refractivity contribution in [1.29, 1.82) is 0 Å². The van der Waals surface area contributed by atoms with E-state index in [2.05, 4.69) is 16.8 Å². The molecule has 1 unspecified atom stereocenters. The van der Waals surface area contributed by atoms with Crippen molar-refractivity contribution < 1.29 is 14.4 Å². The van der Waals surface area contributed by atoms with Crippen molar-refractivity contribution in [2.24, 2.45) is 0 Å². The number of methoxy groups -OCH3 is 1. The number of rotatable bonds is 5. The smallest absolute Gasteiger partial charge is 0.431 e. The first-order valence-corrected chi connectivity index (χ1v) is 4.93. The van der Waals surface area contributed by atoms with Gasteiger partial charge in [0.25, 0.3) is 0 Å². The van der Waals surface area contributed by atoms with E-state index >= 15 is 0 Å². The van der Waals surface area contributed by atoms with E-state index in [0.717, 1.165) is 5.56 Å². The number of hydrogen-bond acceptors (Lipinski definition) is 3. The van der Waals surface area contributed by atoms with Crippen LogP contribution in [-0.4, -0.2) is 13.2 Å². The molecule has 1 aromatic carbocycles. The van der Waals surface area contributed by atoms with Crippen molar-refractivity contribution >= 4 is 6.09 Å². The summed E-state index contributed by atoms with van der Waals surface area (Å²) in [6.07, 6.45) is 1.47. The summed E-state index contributed by atoms with van der Waals surface area (Å²) in [5.41, 5.74) is 3.18. The molecule has 0 bridgehead atoms. The van der Waals surface area contributed by atoms with E-state index in [0.29, 0.717) is 6.42 Å². The molecular formula is C12H15NO3. The van der Waals surface area contributed by atoms with Gasteiger partial charge in [0.1, 0.15) is 6.10 Å². The van der Waals surface area contributed by atoms with Crippen LogP contribution in [-0.2, 0) is 9.57 Å². The maximum atomic E-state index is 10.9. The van der Waals surface area contributed by atoms with Gasteiger partial charge in [-0.3, -0.25) is 4.84 Å². The van der Waals surface area contributed by atoms with Crippen molar-refractivity contribution in [2.75, 3.05) is 7.11 Å². The molecule has 0 saturated heterocycles. The summed E-state index contributed by atoms with van der Waals surface area (Å²) < 4.78 is 4.41. The lowest BCUT2D eigenvalue weighted by Crippen LogP contribution is -2.25. The topological polar surface area (TPSA) is 47.6 Å². The van der Waals surface area contributed by atoms with Gasteiger partial charge in [0.05, 0.1) is 7.11 Å². The molecule has 86 valence electrons. The molecule has 1 amide bonds. The third-order valence-corrected chi connectivity index (χ3v) is 2.02. The van der Waals surface area contributed by atoms with Crippen LogP contribution in [0.4, 0.5) is 4.79 Å². The maximum Gasteiger partial charge on any atom is 0.431 e. The Balaban J connectivity index is 2.61. The normalized spacial score (nSPS) is 11.6. The molecule has 0 spiro atoms. The summed E-state index contributed by atoms with van der Waals surface area (Å²) in [7, 11) is 1.28. The van der Waals surface area contributed by atoms with E-state index in [1.165, 1.54) is 7.11 Å². The Hall–Kier alpha value is -1.81. The monoisotopic (exact) mass is 221 g/mol. The molecule has 4 nitrogen and oxygen atoms in total. The second-order valence-corrected chi connectivity index (χ2v) is 3.14. The standard InChI is InChI=1S/C12H15NO3/c1-3-7-11(16-13-12(14)15-2)10-8-5-4-6-9-10/h3-6,8-9,11H,1,7H2,2H3,(H,13,14). The molecule has 0 radical (unpaired) electrons. The van der Waals surface area contributed by atoms with Gasteiger partial charge in [0, 0.05) is 0 Å². The number of benzene rings is 1. The van der Waals surface area contributed by atoms with Crippen LogP contribution in [0.1, 0.15) is 18.1 Å². The first-order valence-electron chi connectivity index (χ1n) is 4.93. The fourth-order valence-electron chi connectivity index (χ4n) is 1.23. The third kappa shape index (κ3) is 3.74. The molecule has 1 N–H and O–H groups in total. The number of nitrogens with one attached hydrogen (secondary N) is 1. The summed E-state index contributed by atoms with van der Waals surface area (Å²) in [6, 6.07) is 9.59. The van der Waals surface area contributed by atoms with Crippen molar-refractivity contribution in [3.05, 3.63) is 48.6 Å². The molecule has 0 aliphatic rings. The van der Waals surface area contributed by atoms with Crippen LogP contribution in [0.3, 0.4) is 0 Å². The van der Waals surface area contributed by atoms with Gasteiger partial charge in [-0.15, -0.1) is 6.58 Å². The molecule has 1 rings (SSSR count). The SMILES string of the molecule is C=CCC(ONC(=O)OC)c1ccccc1. The summed E-state index contributed by atoms with van der Waals surface area (Å²) in [6.45, 7) is 3.65. The van der Waals surface area contributed by atoms with Gasteiger partial charge in [0.15, 0.2) is 0 Å². The predicted molar refractivity (Wildman–Crippen MR) is 60.6 cm³/mol. The van der Waals surface area contributed by atoms with Gasteiger partial charge in [-0.2, -0.15) is 5.48 Å². The number of carbonyl (C=O) groups excluding carboxylic acids is 1. The average molecular weight is 221 g/mol. The van der Waals surface area contributed by atoms with Gasteiger partial charge >= 0.3 is 6.09 Å². The minimum atomic E-state index is -0.620. The number of hydrogen-bond donors (Lipinski definition) is 1. The van der Waals surface area contributed by atoms with Crippen LogP contribution in [0.25, 0.3) is 0 Å². The van der Waals surface area contributed by atoms with E-state index in [1.807, 2.05) is 30.3 Å². The van der Waals surface area contributed by atoms with E-state index < -0.39 is 6.09 Å². The molecule has 0 heterocycles. The van der Waals surface area contributed by atoms with Crippen LogP contribution in [0.15, 0.2) is 43.0 Å². The van der Waals surface area contributed by atoms with E-state index in [4.69, 9.17) is 4.84 Å². The molecule has 0 aliphatic heterocycles. The van der Waals surface area contributed by atoms with E-state index in [9.17, 15) is 4.79 Å². The maximum absolute atomic E-state index is 10.9. The summed E-state index contributed by atoms with van der Waals surface area (Å²) in [5, 5.41) is 0. The lowest BCUT2D eigenvalue weighted by Gasteiger charge is -2.15. The lowest BCUT2D eigenvalue weighted by atomic mass is 10.1. The Bertz CT molecular complexity index is 337. The van der Waals surface area contributed by atoms with Gasteiger partial charge < -0.3 is 4.74 Å². The van der Waals surface area contributed by atoms with Crippen LogP contribution in [0.2, 0.25) is 0 Å². The van der Waals surface area contributed by atoms with Crippen LogP contribution in [0.5, 0.6) is 0 Å². The highest BCUT2D eigenvalue weighted by Gasteiger charge is 2.11. The number of amides is 1. The zero-order chi connectivity index (χ0) is 11.8. The summed E-state index contributed by atoms with van der Waals surface area (Å²) in [5.74, 6) is 0. The van der Waals surface area contributed by atoms with Crippen LogP contribution >= 0.6 is 0 Å². The number of ether oxygens (including phenoxy) is 1. The minimum Gasteiger partial charge on any atom is -0.451 e. The second-order valence-electron chi connectivity index (χ2n) is 3.14. The third-order valence-electron chi connectivity index (χ3n) is 2.02. The summed E-state index contributed by atoms with van der Waals surface area (Å²) in [4.78, 5) is 16.1. The molecule has 16 heavy (non-hydrogen) atoms. The van der Waals surface area contributed by atoms with Crippen molar-refractivity contribution in [1.82, 2.24) is 5.48 Å². The van der Waals surface area contributed by atoms with Gasteiger partial charge in [-0.1, -0.05) is 36.4 Å². The Labute approximate surface area is 94.8 Å². The second kappa shape index (κ2) is 6.63. The molecule has 1 atom stereocenters. The first-order chi connectivity index (χ1) is 7.77. The van der Waals surface area contributed by atoms with Crippen molar-refractivity contribution in [3.8, 4) is 0 Å². The molecule has 0 saturated carbocycles. The highest BCUT2D eigenvalue weighted by molar-refractivity contribution is 5.65. The van der Waals surface area contributed by atoms with Gasteiger partial charge in [-0.25, -0.2) is 4.79 Å². The molecular weight excluding hydrogens is 206 g/mol. The Morgan fingerprint density at radius 2 is 2.19 bits per heavy atom. The predicted octanol–water partition coefficient (Wildman–Crippen LogP) is 2.59. The van der Waals surface area contributed by atoms with E-state index in [1.54, 1.807) is 6.08 Å². The highest BCUT2D eigenvalue weighted by atomic mass is 16.7. The van der Waals surface area contributed by atoms with Gasteiger partial charge in [-0.05, 0) is 12.0 Å². The molecule has 0 aliphatic carbocycles. The van der Waals surface area contributed by atoms with Crippen molar-refractivity contribution in [2.45, 2.75) is 12.5 Å². The highest BCUT2D eigenvalue weighted by Crippen LogP contribution is 2.19. The van der Waals surface area contributed by atoms with Crippen LogP contribution < -0.4 is 5.48 Å². The molecule has 0 aromatic heterocycles. The van der Waals surface area contributed by atoms with Crippen molar-refractivity contribution in [3.63, 3.8) is 0 Å². The average Bonchev–Trinajstić information content (AvgIpc) is 2.35. The fourth-order valence-corrected chi connectivity index (χ4v) is 1.23. The Morgan fingerprint density at radius 3 is 2.75 bits per heavy atom. The van der Waals surface area contributed by atoms with E-state index in [-0.39, 0.29) is 6.10 Å². The minimum absolute atomic E-state index is 0.252. The fraction of sp³-hybridized carbons (Fsp3) is 0.250. The lowest BCUT2D eigenvalue weighted by molar-refractivity contribution is -0.0197. The largest absolute Gasteiger partial charge is 0.451 e. The summed E-state index contributed by atoms with van der Waals surface area (Å²) >= 11 is 0. The number of carbonyl (C=O) groups is 1. The number of hydroxylamine groups is 1. The zero-order valence-electron chi connectivity index (χ0n) is 9.18. The first kappa shape index (κ1) is 12.3. The van der Waals surface area contributed by atoms with Crippen LogP contribution in [0, 0.1) is 0 Å². The molecule has 0 fully saturated rings. The molecule has 1 aromatic rings. The zero-order valence-corrected chi connectivity index (χ0v) is 9.18. The van der Waals surface area contributed by atoms with Gasteiger partial charge in [0.2, 0.25) is 0 Å².